The number of carbonyl (C=O) groups is 1. The number of amides is 1. The van der Waals surface area contributed by atoms with Crippen molar-refractivity contribution >= 4 is 5.91 Å². The number of hydrogen-bond acceptors (Lipinski definition) is 3. The predicted molar refractivity (Wildman–Crippen MR) is 79.9 cm³/mol. The fourth-order valence-electron chi connectivity index (χ4n) is 2.88. The van der Waals surface area contributed by atoms with E-state index in [0.717, 1.165) is 18.7 Å². The Morgan fingerprint density at radius 3 is 2.77 bits per heavy atom. The van der Waals surface area contributed by atoms with E-state index in [1.165, 1.54) is 11.6 Å². The molecule has 0 aromatic heterocycles. The first-order chi connectivity index (χ1) is 10.7. The van der Waals surface area contributed by atoms with Crippen LogP contribution in [0.3, 0.4) is 0 Å². The molecule has 3 rings (SSSR count). The highest BCUT2D eigenvalue weighted by Crippen LogP contribution is 2.24. The van der Waals surface area contributed by atoms with Crippen LogP contribution in [0, 0.1) is 5.82 Å². The van der Waals surface area contributed by atoms with E-state index in [4.69, 9.17) is 5.21 Å². The Morgan fingerprint density at radius 1 is 1.27 bits per heavy atom. The molecule has 2 aromatic carbocycles. The Labute approximate surface area is 128 Å². The van der Waals surface area contributed by atoms with E-state index < -0.39 is 5.91 Å². The summed E-state index contributed by atoms with van der Waals surface area (Å²) in [5.41, 5.74) is 4.36. The number of halogens is 1. The molecule has 114 valence electrons. The zero-order chi connectivity index (χ0) is 15.5. The lowest BCUT2D eigenvalue weighted by atomic mass is 9.96. The number of fused-ring (bicyclic) bond motifs is 1. The Balaban J connectivity index is 1.82. The van der Waals surface area contributed by atoms with E-state index >= 15 is 0 Å². The summed E-state index contributed by atoms with van der Waals surface area (Å²) in [4.78, 5) is 13.7. The standard InChI is InChI=1S/C17H17FN2O2/c18-16-9-13(17(21)19-22)8-14-11-20(7-6-15(14)16)10-12-4-2-1-3-5-12/h1-5,8-9,22H,6-7,10-11H2,(H,19,21). The van der Waals surface area contributed by atoms with Crippen LogP contribution in [0.4, 0.5) is 4.39 Å². The van der Waals surface area contributed by atoms with Crippen LogP contribution in [0.2, 0.25) is 0 Å². The van der Waals surface area contributed by atoms with E-state index in [1.807, 2.05) is 18.2 Å². The predicted octanol–water partition coefficient (Wildman–Crippen LogP) is 2.50. The highest BCUT2D eigenvalue weighted by atomic mass is 19.1. The molecule has 0 saturated carbocycles. The molecule has 0 spiro atoms. The number of carbonyl (C=O) groups excluding carboxylic acids is 1. The molecule has 0 unspecified atom stereocenters. The van der Waals surface area contributed by atoms with Crippen molar-refractivity contribution in [2.75, 3.05) is 6.54 Å². The average Bonchev–Trinajstić information content (AvgIpc) is 2.54. The summed E-state index contributed by atoms with van der Waals surface area (Å²) in [6, 6.07) is 12.9. The van der Waals surface area contributed by atoms with Gasteiger partial charge in [0.15, 0.2) is 0 Å². The number of hydroxylamine groups is 1. The lowest BCUT2D eigenvalue weighted by Crippen LogP contribution is -2.31. The van der Waals surface area contributed by atoms with Crippen molar-refractivity contribution in [2.45, 2.75) is 19.5 Å². The second-order valence-electron chi connectivity index (χ2n) is 5.48. The number of nitrogens with one attached hydrogen (secondary N) is 1. The Bertz CT molecular complexity index is 689. The first-order valence-corrected chi connectivity index (χ1v) is 7.19. The van der Waals surface area contributed by atoms with Gasteiger partial charge in [0.1, 0.15) is 5.82 Å². The number of nitrogens with zero attached hydrogens (tertiary/aromatic N) is 1. The highest BCUT2D eigenvalue weighted by molar-refractivity contribution is 5.93. The van der Waals surface area contributed by atoms with Gasteiger partial charge < -0.3 is 0 Å². The van der Waals surface area contributed by atoms with Crippen LogP contribution in [-0.2, 0) is 19.5 Å². The molecule has 0 atom stereocenters. The van der Waals surface area contributed by atoms with E-state index in [9.17, 15) is 9.18 Å². The molecule has 0 aliphatic carbocycles. The molecular weight excluding hydrogens is 283 g/mol. The minimum Gasteiger partial charge on any atom is -0.294 e. The van der Waals surface area contributed by atoms with Gasteiger partial charge in [0.25, 0.3) is 5.91 Å². The van der Waals surface area contributed by atoms with Gasteiger partial charge in [0, 0.05) is 25.2 Å². The van der Waals surface area contributed by atoms with Crippen LogP contribution < -0.4 is 5.48 Å². The van der Waals surface area contributed by atoms with Crippen LogP contribution in [0.15, 0.2) is 42.5 Å². The normalized spacial score (nSPS) is 14.5. The topological polar surface area (TPSA) is 52.6 Å². The van der Waals surface area contributed by atoms with E-state index in [0.29, 0.717) is 18.5 Å². The maximum atomic E-state index is 14.1. The number of benzene rings is 2. The highest BCUT2D eigenvalue weighted by Gasteiger charge is 2.21. The van der Waals surface area contributed by atoms with Gasteiger partial charge in [-0.1, -0.05) is 30.3 Å². The molecule has 1 heterocycles. The second kappa shape index (κ2) is 6.25. The van der Waals surface area contributed by atoms with Crippen LogP contribution in [-0.4, -0.2) is 22.6 Å². The fraction of sp³-hybridized carbons (Fsp3) is 0.235. The molecule has 2 N–H and O–H groups in total. The molecule has 1 aliphatic heterocycles. The Hall–Kier alpha value is -2.24. The van der Waals surface area contributed by atoms with Gasteiger partial charge in [-0.15, -0.1) is 0 Å². The summed E-state index contributed by atoms with van der Waals surface area (Å²) >= 11 is 0. The summed E-state index contributed by atoms with van der Waals surface area (Å²) in [7, 11) is 0. The first kappa shape index (κ1) is 14.7. The third kappa shape index (κ3) is 3.00. The smallest absolute Gasteiger partial charge is 0.274 e. The maximum Gasteiger partial charge on any atom is 0.274 e. The lowest BCUT2D eigenvalue weighted by molar-refractivity contribution is 0.0705. The molecule has 4 nitrogen and oxygen atoms in total. The molecule has 1 aliphatic rings. The Kier molecular flexibility index (Phi) is 4.18. The summed E-state index contributed by atoms with van der Waals surface area (Å²) in [6.45, 7) is 2.16. The molecule has 0 bridgehead atoms. The molecule has 2 aromatic rings. The summed E-state index contributed by atoms with van der Waals surface area (Å²) in [6.07, 6.45) is 0.620. The molecule has 5 heteroatoms. The van der Waals surface area contributed by atoms with Crippen molar-refractivity contribution in [1.29, 1.82) is 0 Å². The van der Waals surface area contributed by atoms with Crippen LogP contribution in [0.5, 0.6) is 0 Å². The largest absolute Gasteiger partial charge is 0.294 e. The zero-order valence-corrected chi connectivity index (χ0v) is 12.1. The quantitative estimate of drug-likeness (QED) is 0.676. The maximum absolute atomic E-state index is 14.1. The minimum atomic E-state index is -0.693. The monoisotopic (exact) mass is 300 g/mol. The molecule has 0 saturated heterocycles. The van der Waals surface area contributed by atoms with Gasteiger partial charge in [-0.25, -0.2) is 9.87 Å². The zero-order valence-electron chi connectivity index (χ0n) is 12.1. The van der Waals surface area contributed by atoms with Gasteiger partial charge in [-0.05, 0) is 35.2 Å². The molecule has 22 heavy (non-hydrogen) atoms. The number of rotatable bonds is 3. The SMILES string of the molecule is O=C(NO)c1cc(F)c2c(c1)CN(Cc1ccccc1)CC2. The van der Waals surface area contributed by atoms with Gasteiger partial charge in [0.2, 0.25) is 0 Å². The van der Waals surface area contributed by atoms with Crippen LogP contribution in [0.25, 0.3) is 0 Å². The molecule has 1 amide bonds. The first-order valence-electron chi connectivity index (χ1n) is 7.19. The third-order valence-electron chi connectivity index (χ3n) is 3.97. The van der Waals surface area contributed by atoms with Crippen molar-refractivity contribution in [1.82, 2.24) is 10.4 Å². The Morgan fingerprint density at radius 2 is 2.05 bits per heavy atom. The van der Waals surface area contributed by atoms with Crippen LogP contribution >= 0.6 is 0 Å². The van der Waals surface area contributed by atoms with E-state index in [2.05, 4.69) is 17.0 Å². The van der Waals surface area contributed by atoms with Crippen LogP contribution in [0.1, 0.15) is 27.0 Å². The van der Waals surface area contributed by atoms with Gasteiger partial charge in [0.05, 0.1) is 0 Å². The molecule has 0 fully saturated rings. The van der Waals surface area contributed by atoms with Crippen molar-refractivity contribution in [2.24, 2.45) is 0 Å². The summed E-state index contributed by atoms with van der Waals surface area (Å²) in [5.74, 6) is -1.07. The molecular formula is C17H17FN2O2. The van der Waals surface area contributed by atoms with Crippen molar-refractivity contribution in [3.8, 4) is 0 Å². The van der Waals surface area contributed by atoms with Gasteiger partial charge in [-0.3, -0.25) is 14.9 Å². The lowest BCUT2D eigenvalue weighted by Gasteiger charge is -2.29. The second-order valence-corrected chi connectivity index (χ2v) is 5.48. The van der Waals surface area contributed by atoms with Crippen molar-refractivity contribution < 1.29 is 14.4 Å². The average molecular weight is 300 g/mol. The van der Waals surface area contributed by atoms with Gasteiger partial charge >= 0.3 is 0 Å². The van der Waals surface area contributed by atoms with Crippen molar-refractivity contribution in [3.05, 3.63) is 70.5 Å². The van der Waals surface area contributed by atoms with E-state index in [1.54, 1.807) is 11.5 Å². The minimum absolute atomic E-state index is 0.139. The third-order valence-corrected chi connectivity index (χ3v) is 3.97. The summed E-state index contributed by atoms with van der Waals surface area (Å²) in [5, 5.41) is 8.70. The molecule has 0 radical (unpaired) electrons. The van der Waals surface area contributed by atoms with Crippen molar-refractivity contribution in [3.63, 3.8) is 0 Å². The van der Waals surface area contributed by atoms with Gasteiger partial charge in [-0.2, -0.15) is 0 Å². The van der Waals surface area contributed by atoms with E-state index in [-0.39, 0.29) is 11.4 Å². The summed E-state index contributed by atoms with van der Waals surface area (Å²) < 4.78 is 14.1. The number of hydrogen-bond donors (Lipinski definition) is 2. The fourth-order valence-corrected chi connectivity index (χ4v) is 2.88.